The summed E-state index contributed by atoms with van der Waals surface area (Å²) in [7, 11) is 0. The van der Waals surface area contributed by atoms with E-state index in [0.29, 0.717) is 32.4 Å². The van der Waals surface area contributed by atoms with Gasteiger partial charge in [-0.25, -0.2) is 0 Å². The number of benzene rings is 1. The number of amides is 2. The molecule has 0 radical (unpaired) electrons. The Kier molecular flexibility index (Phi) is 5.91. The molecule has 26 heavy (non-hydrogen) atoms. The zero-order chi connectivity index (χ0) is 18.5. The highest BCUT2D eigenvalue weighted by atomic mass is 16.4. The van der Waals surface area contributed by atoms with Gasteiger partial charge in [0.25, 0.3) is 0 Å². The summed E-state index contributed by atoms with van der Waals surface area (Å²) in [5.74, 6) is -1.32. The number of nitrogens with one attached hydrogen (secondary N) is 1. The SMILES string of the molecule is O=C(O)C1CCCC(C(=O)NCc2ccccc2CN2CCCC2=O)C1. The smallest absolute Gasteiger partial charge is 0.306 e. The van der Waals surface area contributed by atoms with Crippen molar-refractivity contribution in [2.75, 3.05) is 6.54 Å². The number of nitrogens with zero attached hydrogens (tertiary/aromatic N) is 1. The first kappa shape index (κ1) is 18.4. The Hall–Kier alpha value is -2.37. The first-order valence-corrected chi connectivity index (χ1v) is 9.39. The van der Waals surface area contributed by atoms with Crippen LogP contribution in [-0.2, 0) is 27.5 Å². The number of carbonyl (C=O) groups excluding carboxylic acids is 2. The first-order valence-electron chi connectivity index (χ1n) is 9.39. The standard InChI is InChI=1S/C20H26N2O4/c23-18-9-4-10-22(18)13-17-6-2-1-5-16(17)12-21-19(24)14-7-3-8-15(11-14)20(25)26/h1-2,5-6,14-15H,3-4,7-13H2,(H,21,24)(H,25,26). The van der Waals surface area contributed by atoms with Gasteiger partial charge in [0, 0.05) is 32.0 Å². The van der Waals surface area contributed by atoms with Crippen LogP contribution in [0.2, 0.25) is 0 Å². The van der Waals surface area contributed by atoms with Gasteiger partial charge < -0.3 is 15.3 Å². The van der Waals surface area contributed by atoms with Crippen LogP contribution in [0.25, 0.3) is 0 Å². The van der Waals surface area contributed by atoms with Crippen LogP contribution in [0.3, 0.4) is 0 Å². The van der Waals surface area contributed by atoms with Crippen LogP contribution >= 0.6 is 0 Å². The Balaban J connectivity index is 1.58. The summed E-state index contributed by atoms with van der Waals surface area (Å²) in [4.78, 5) is 37.4. The molecule has 140 valence electrons. The van der Waals surface area contributed by atoms with Crippen molar-refractivity contribution < 1.29 is 19.5 Å². The molecule has 2 aliphatic rings. The average Bonchev–Trinajstić information content (AvgIpc) is 3.05. The summed E-state index contributed by atoms with van der Waals surface area (Å²) in [5, 5.41) is 12.1. The third kappa shape index (κ3) is 4.42. The molecule has 2 unspecified atom stereocenters. The molecule has 1 aromatic carbocycles. The van der Waals surface area contributed by atoms with Crippen molar-refractivity contribution in [1.82, 2.24) is 10.2 Å². The predicted octanol–water partition coefficient (Wildman–Crippen LogP) is 2.32. The number of likely N-dealkylation sites (tertiary alicyclic amines) is 1. The summed E-state index contributed by atoms with van der Waals surface area (Å²) >= 11 is 0. The zero-order valence-electron chi connectivity index (χ0n) is 14.9. The van der Waals surface area contributed by atoms with Gasteiger partial charge in [0.15, 0.2) is 0 Å². The van der Waals surface area contributed by atoms with Crippen molar-refractivity contribution in [3.8, 4) is 0 Å². The maximum Gasteiger partial charge on any atom is 0.306 e. The number of hydrogen-bond acceptors (Lipinski definition) is 3. The van der Waals surface area contributed by atoms with Crippen molar-refractivity contribution in [2.24, 2.45) is 11.8 Å². The molecular formula is C20H26N2O4. The Morgan fingerprint density at radius 1 is 1.12 bits per heavy atom. The van der Waals surface area contributed by atoms with Gasteiger partial charge in [-0.3, -0.25) is 14.4 Å². The van der Waals surface area contributed by atoms with Crippen molar-refractivity contribution in [1.29, 1.82) is 0 Å². The molecule has 1 heterocycles. The van der Waals surface area contributed by atoms with E-state index in [0.717, 1.165) is 36.9 Å². The number of hydrogen-bond donors (Lipinski definition) is 2. The fraction of sp³-hybridized carbons (Fsp3) is 0.550. The molecule has 2 atom stereocenters. The van der Waals surface area contributed by atoms with E-state index in [1.54, 1.807) is 0 Å². The van der Waals surface area contributed by atoms with Gasteiger partial charge in [-0.2, -0.15) is 0 Å². The molecule has 1 saturated heterocycles. The normalized spacial score (nSPS) is 23.1. The lowest BCUT2D eigenvalue weighted by Gasteiger charge is -2.26. The van der Waals surface area contributed by atoms with Gasteiger partial charge >= 0.3 is 5.97 Å². The van der Waals surface area contributed by atoms with Crippen LogP contribution in [0.1, 0.15) is 49.7 Å². The highest BCUT2D eigenvalue weighted by Gasteiger charge is 2.31. The van der Waals surface area contributed by atoms with E-state index in [4.69, 9.17) is 0 Å². The highest BCUT2D eigenvalue weighted by Crippen LogP contribution is 2.29. The van der Waals surface area contributed by atoms with Crippen LogP contribution in [0.5, 0.6) is 0 Å². The van der Waals surface area contributed by atoms with Gasteiger partial charge in [-0.1, -0.05) is 30.7 Å². The largest absolute Gasteiger partial charge is 0.481 e. The summed E-state index contributed by atoms with van der Waals surface area (Å²) in [6.45, 7) is 1.78. The number of carboxylic acid groups (broad SMARTS) is 1. The molecule has 2 N–H and O–H groups in total. The van der Waals surface area contributed by atoms with Gasteiger partial charge in [-0.05, 0) is 36.8 Å². The summed E-state index contributed by atoms with van der Waals surface area (Å²) in [5.41, 5.74) is 2.06. The number of carbonyl (C=O) groups is 3. The van der Waals surface area contributed by atoms with Crippen LogP contribution in [0.4, 0.5) is 0 Å². The lowest BCUT2D eigenvalue weighted by atomic mass is 9.81. The summed E-state index contributed by atoms with van der Waals surface area (Å²) in [6.07, 6.45) is 4.13. The van der Waals surface area contributed by atoms with Gasteiger partial charge in [0.1, 0.15) is 0 Å². The van der Waals surface area contributed by atoms with E-state index in [9.17, 15) is 19.5 Å². The molecule has 0 bridgehead atoms. The average molecular weight is 358 g/mol. The zero-order valence-corrected chi connectivity index (χ0v) is 14.9. The highest BCUT2D eigenvalue weighted by molar-refractivity contribution is 5.80. The van der Waals surface area contributed by atoms with Crippen molar-refractivity contribution in [3.05, 3.63) is 35.4 Å². The third-order valence-corrected chi connectivity index (χ3v) is 5.50. The maximum absolute atomic E-state index is 12.5. The van der Waals surface area contributed by atoms with Crippen molar-refractivity contribution in [3.63, 3.8) is 0 Å². The van der Waals surface area contributed by atoms with Gasteiger partial charge in [-0.15, -0.1) is 0 Å². The van der Waals surface area contributed by atoms with Crippen molar-refractivity contribution >= 4 is 17.8 Å². The van der Waals surface area contributed by atoms with Gasteiger partial charge in [0.2, 0.25) is 11.8 Å². The molecule has 0 spiro atoms. The second-order valence-corrected chi connectivity index (χ2v) is 7.30. The molecule has 3 rings (SSSR count). The lowest BCUT2D eigenvalue weighted by Crippen LogP contribution is -2.35. The van der Waals surface area contributed by atoms with Crippen molar-refractivity contribution in [2.45, 2.75) is 51.6 Å². The quantitative estimate of drug-likeness (QED) is 0.817. The minimum absolute atomic E-state index is 0.0667. The molecule has 0 aromatic heterocycles. The minimum atomic E-state index is -0.803. The van der Waals surface area contributed by atoms with E-state index < -0.39 is 11.9 Å². The molecule has 2 fully saturated rings. The lowest BCUT2D eigenvalue weighted by molar-refractivity contribution is -0.144. The number of aliphatic carboxylic acids is 1. The predicted molar refractivity (Wildman–Crippen MR) is 96.0 cm³/mol. The van der Waals surface area contributed by atoms with Crippen LogP contribution in [0, 0.1) is 11.8 Å². The first-order chi connectivity index (χ1) is 12.5. The molecule has 1 aliphatic carbocycles. The Labute approximate surface area is 153 Å². The molecule has 1 saturated carbocycles. The molecular weight excluding hydrogens is 332 g/mol. The monoisotopic (exact) mass is 358 g/mol. The number of carboxylic acids is 1. The van der Waals surface area contributed by atoms with E-state index in [-0.39, 0.29) is 17.7 Å². The fourth-order valence-electron chi connectivity index (χ4n) is 3.94. The number of rotatable bonds is 6. The van der Waals surface area contributed by atoms with E-state index in [1.165, 1.54) is 0 Å². The van der Waals surface area contributed by atoms with E-state index >= 15 is 0 Å². The molecule has 1 aliphatic heterocycles. The Morgan fingerprint density at radius 2 is 1.85 bits per heavy atom. The second kappa shape index (κ2) is 8.34. The molecule has 1 aromatic rings. The second-order valence-electron chi connectivity index (χ2n) is 7.30. The van der Waals surface area contributed by atoms with Crippen LogP contribution in [-0.4, -0.2) is 34.3 Å². The topological polar surface area (TPSA) is 86.7 Å². The van der Waals surface area contributed by atoms with Crippen LogP contribution in [0.15, 0.2) is 24.3 Å². The van der Waals surface area contributed by atoms with E-state index in [1.807, 2.05) is 29.2 Å². The minimum Gasteiger partial charge on any atom is -0.481 e. The molecule has 6 heteroatoms. The van der Waals surface area contributed by atoms with E-state index in [2.05, 4.69) is 5.32 Å². The molecule has 2 amide bonds. The van der Waals surface area contributed by atoms with Crippen LogP contribution < -0.4 is 5.32 Å². The summed E-state index contributed by atoms with van der Waals surface area (Å²) in [6, 6.07) is 7.84. The third-order valence-electron chi connectivity index (χ3n) is 5.50. The Morgan fingerprint density at radius 3 is 2.54 bits per heavy atom. The Bertz CT molecular complexity index is 688. The van der Waals surface area contributed by atoms with Gasteiger partial charge in [0.05, 0.1) is 5.92 Å². The molecule has 6 nitrogen and oxygen atoms in total. The summed E-state index contributed by atoms with van der Waals surface area (Å²) < 4.78 is 0. The fourth-order valence-corrected chi connectivity index (χ4v) is 3.94. The maximum atomic E-state index is 12.5.